The lowest BCUT2D eigenvalue weighted by molar-refractivity contribution is 0.372. The SMILES string of the molecule is CC(C)c1noc(CCN=C(N)Nc2cccc3c2CCCC3)n1.I. The van der Waals surface area contributed by atoms with Crippen LogP contribution in [0.3, 0.4) is 0 Å². The number of nitrogens with zero attached hydrogens (tertiary/aromatic N) is 3. The van der Waals surface area contributed by atoms with Gasteiger partial charge in [-0.3, -0.25) is 4.99 Å². The van der Waals surface area contributed by atoms with Crippen molar-refractivity contribution < 1.29 is 4.52 Å². The number of nitrogens with one attached hydrogen (secondary N) is 1. The summed E-state index contributed by atoms with van der Waals surface area (Å²) in [6.07, 6.45) is 5.35. The van der Waals surface area contributed by atoms with Crippen LogP contribution in [-0.4, -0.2) is 22.6 Å². The zero-order valence-electron chi connectivity index (χ0n) is 14.8. The van der Waals surface area contributed by atoms with Crippen molar-refractivity contribution in [3.05, 3.63) is 41.0 Å². The Morgan fingerprint density at radius 2 is 2.12 bits per heavy atom. The van der Waals surface area contributed by atoms with E-state index in [4.69, 9.17) is 10.3 Å². The van der Waals surface area contributed by atoms with Crippen LogP contribution in [0.25, 0.3) is 0 Å². The zero-order valence-corrected chi connectivity index (χ0v) is 17.1. The smallest absolute Gasteiger partial charge is 0.228 e. The fraction of sp³-hybridized carbons (Fsp3) is 0.500. The van der Waals surface area contributed by atoms with Crippen LogP contribution in [0.4, 0.5) is 5.69 Å². The topological polar surface area (TPSA) is 89.3 Å². The van der Waals surface area contributed by atoms with Crippen LogP contribution in [0.2, 0.25) is 0 Å². The third kappa shape index (κ3) is 5.17. The number of nitrogens with two attached hydrogens (primary N) is 1. The highest BCUT2D eigenvalue weighted by molar-refractivity contribution is 14.0. The van der Waals surface area contributed by atoms with Crippen LogP contribution in [0.1, 0.15) is 55.4 Å². The molecule has 7 heteroatoms. The predicted molar refractivity (Wildman–Crippen MR) is 111 cm³/mol. The molecule has 1 aromatic carbocycles. The summed E-state index contributed by atoms with van der Waals surface area (Å²) in [4.78, 5) is 8.71. The minimum atomic E-state index is 0. The number of halogens is 1. The largest absolute Gasteiger partial charge is 0.370 e. The van der Waals surface area contributed by atoms with E-state index in [1.165, 1.54) is 24.0 Å². The first-order chi connectivity index (χ1) is 11.6. The van der Waals surface area contributed by atoms with Gasteiger partial charge in [-0.25, -0.2) is 0 Å². The van der Waals surface area contributed by atoms with E-state index in [1.807, 2.05) is 13.8 Å². The number of hydrogen-bond donors (Lipinski definition) is 2. The van der Waals surface area contributed by atoms with Gasteiger partial charge in [0, 0.05) is 18.0 Å². The van der Waals surface area contributed by atoms with Crippen molar-refractivity contribution in [2.75, 3.05) is 11.9 Å². The van der Waals surface area contributed by atoms with E-state index in [1.54, 1.807) is 0 Å². The Labute approximate surface area is 165 Å². The van der Waals surface area contributed by atoms with E-state index >= 15 is 0 Å². The minimum absolute atomic E-state index is 0. The first-order valence-electron chi connectivity index (χ1n) is 8.63. The molecule has 0 atom stereocenters. The van der Waals surface area contributed by atoms with Crippen LogP contribution in [0, 0.1) is 0 Å². The van der Waals surface area contributed by atoms with Crippen LogP contribution in [0.5, 0.6) is 0 Å². The molecule has 0 unspecified atom stereocenters. The van der Waals surface area contributed by atoms with Crippen molar-refractivity contribution in [1.29, 1.82) is 0 Å². The Hall–Kier alpha value is -1.64. The lowest BCUT2D eigenvalue weighted by Gasteiger charge is -2.19. The van der Waals surface area contributed by atoms with E-state index in [0.29, 0.717) is 24.8 Å². The van der Waals surface area contributed by atoms with E-state index < -0.39 is 0 Å². The molecule has 0 saturated carbocycles. The number of aromatic nitrogens is 2. The van der Waals surface area contributed by atoms with Crippen molar-refractivity contribution in [3.8, 4) is 0 Å². The molecular formula is C18H26IN5O. The first kappa shape index (κ1) is 19.7. The Kier molecular flexibility index (Phi) is 7.22. The lowest BCUT2D eigenvalue weighted by atomic mass is 9.90. The van der Waals surface area contributed by atoms with Gasteiger partial charge in [-0.2, -0.15) is 4.98 Å². The molecule has 2 aromatic rings. The molecule has 1 heterocycles. The second kappa shape index (κ2) is 9.17. The summed E-state index contributed by atoms with van der Waals surface area (Å²) in [7, 11) is 0. The Bertz CT molecular complexity index is 726. The lowest BCUT2D eigenvalue weighted by Crippen LogP contribution is -2.24. The molecule has 0 spiro atoms. The van der Waals surface area contributed by atoms with Crippen molar-refractivity contribution >= 4 is 35.6 Å². The molecule has 3 rings (SSSR count). The normalized spacial score (nSPS) is 14.1. The summed E-state index contributed by atoms with van der Waals surface area (Å²) in [5.41, 5.74) is 9.90. The Morgan fingerprint density at radius 3 is 2.88 bits per heavy atom. The van der Waals surface area contributed by atoms with Gasteiger partial charge in [0.1, 0.15) is 0 Å². The molecule has 1 aliphatic carbocycles. The standard InChI is InChI=1S/C18H25N5O.HI/c1-12(2)17-22-16(24-23-17)10-11-20-18(19)21-15-9-5-7-13-6-3-4-8-14(13)15;/h5,7,9,12H,3-4,6,8,10-11H2,1-2H3,(H3,19,20,21);1H. The molecule has 0 saturated heterocycles. The average Bonchev–Trinajstić information content (AvgIpc) is 3.04. The second-order valence-electron chi connectivity index (χ2n) is 6.49. The van der Waals surface area contributed by atoms with Gasteiger partial charge in [0.05, 0.1) is 6.54 Å². The monoisotopic (exact) mass is 455 g/mol. The van der Waals surface area contributed by atoms with E-state index in [2.05, 4.69) is 38.6 Å². The summed E-state index contributed by atoms with van der Waals surface area (Å²) in [5.74, 6) is 2.03. The number of aryl methyl sites for hydroxylation is 1. The van der Waals surface area contributed by atoms with Gasteiger partial charge in [-0.05, 0) is 42.9 Å². The fourth-order valence-electron chi connectivity index (χ4n) is 2.95. The van der Waals surface area contributed by atoms with Gasteiger partial charge in [0.15, 0.2) is 11.8 Å². The molecule has 0 bridgehead atoms. The number of fused-ring (bicyclic) bond motifs is 1. The predicted octanol–water partition coefficient (Wildman–Crippen LogP) is 3.66. The third-order valence-corrected chi connectivity index (χ3v) is 4.27. The third-order valence-electron chi connectivity index (χ3n) is 4.27. The van der Waals surface area contributed by atoms with Crippen molar-refractivity contribution in [3.63, 3.8) is 0 Å². The van der Waals surface area contributed by atoms with E-state index in [-0.39, 0.29) is 29.9 Å². The number of rotatable bonds is 5. The van der Waals surface area contributed by atoms with Gasteiger partial charge in [0.25, 0.3) is 0 Å². The Morgan fingerprint density at radius 1 is 1.32 bits per heavy atom. The number of guanidine groups is 1. The van der Waals surface area contributed by atoms with Crippen molar-refractivity contribution in [2.45, 2.75) is 51.9 Å². The summed E-state index contributed by atoms with van der Waals surface area (Å²) < 4.78 is 5.21. The second-order valence-corrected chi connectivity index (χ2v) is 6.49. The summed E-state index contributed by atoms with van der Waals surface area (Å²) in [5, 5.41) is 7.19. The van der Waals surface area contributed by atoms with Gasteiger partial charge in [-0.15, -0.1) is 24.0 Å². The van der Waals surface area contributed by atoms with Gasteiger partial charge < -0.3 is 15.6 Å². The quantitative estimate of drug-likeness (QED) is 0.408. The molecule has 0 fully saturated rings. The van der Waals surface area contributed by atoms with Crippen LogP contribution >= 0.6 is 24.0 Å². The van der Waals surface area contributed by atoms with E-state index in [0.717, 1.165) is 24.4 Å². The van der Waals surface area contributed by atoms with Crippen molar-refractivity contribution in [1.82, 2.24) is 10.1 Å². The number of anilines is 1. The van der Waals surface area contributed by atoms with Crippen LogP contribution in [-0.2, 0) is 19.3 Å². The highest BCUT2D eigenvalue weighted by atomic mass is 127. The highest BCUT2D eigenvalue weighted by Gasteiger charge is 2.13. The molecular weight excluding hydrogens is 429 g/mol. The van der Waals surface area contributed by atoms with Gasteiger partial charge in [0.2, 0.25) is 5.89 Å². The number of benzene rings is 1. The molecule has 0 aliphatic heterocycles. The molecule has 3 N–H and O–H groups in total. The molecule has 25 heavy (non-hydrogen) atoms. The minimum Gasteiger partial charge on any atom is -0.370 e. The van der Waals surface area contributed by atoms with Crippen molar-refractivity contribution in [2.24, 2.45) is 10.7 Å². The zero-order chi connectivity index (χ0) is 16.9. The first-order valence-corrected chi connectivity index (χ1v) is 8.63. The maximum atomic E-state index is 6.03. The van der Waals surface area contributed by atoms with Gasteiger partial charge >= 0.3 is 0 Å². The summed E-state index contributed by atoms with van der Waals surface area (Å²) in [6.45, 7) is 4.60. The van der Waals surface area contributed by atoms with Gasteiger partial charge in [-0.1, -0.05) is 31.1 Å². The fourth-order valence-corrected chi connectivity index (χ4v) is 2.95. The maximum Gasteiger partial charge on any atom is 0.228 e. The molecule has 0 amide bonds. The molecule has 6 nitrogen and oxygen atoms in total. The molecule has 1 aromatic heterocycles. The summed E-state index contributed by atoms with van der Waals surface area (Å²) >= 11 is 0. The molecule has 1 aliphatic rings. The van der Waals surface area contributed by atoms with Crippen LogP contribution in [0.15, 0.2) is 27.7 Å². The average molecular weight is 455 g/mol. The molecule has 0 radical (unpaired) electrons. The molecule has 136 valence electrons. The number of hydrogen-bond acceptors (Lipinski definition) is 4. The highest BCUT2D eigenvalue weighted by Crippen LogP contribution is 2.27. The van der Waals surface area contributed by atoms with Crippen LogP contribution < -0.4 is 11.1 Å². The number of aliphatic imine (C=N–C) groups is 1. The summed E-state index contributed by atoms with van der Waals surface area (Å²) in [6, 6.07) is 6.35. The Balaban J connectivity index is 0.00000225. The van der Waals surface area contributed by atoms with E-state index in [9.17, 15) is 0 Å². The maximum absolute atomic E-state index is 6.03.